The quantitative estimate of drug-likeness (QED) is 0.294. The van der Waals surface area contributed by atoms with Gasteiger partial charge in [0, 0.05) is 7.05 Å². The molecular weight excluding hydrogens is 256 g/mol. The van der Waals surface area contributed by atoms with Crippen LogP contribution in [0.1, 0.15) is 0 Å². The topological polar surface area (TPSA) is 151 Å². The van der Waals surface area contributed by atoms with Crippen molar-refractivity contribution in [2.45, 2.75) is 12.6 Å². The number of rotatable bonds is 4. The molecule has 0 saturated carbocycles. The zero-order valence-electron chi connectivity index (χ0n) is 10.1. The Balaban J connectivity index is 2.78. The van der Waals surface area contributed by atoms with Crippen molar-refractivity contribution in [2.75, 3.05) is 12.0 Å². The van der Waals surface area contributed by atoms with Crippen molar-refractivity contribution in [2.24, 2.45) is 12.9 Å². The standard InChI is InChI=1S/C9H14N6O4/c1-14-6-5(7(18)12-9(14)19)15(2-4(17)3-16)8(11-6)13-10/h4,16-17H,2-3,10H2,1H3,(H,11,13)(H,12,18,19)/t4-/m1/s1. The summed E-state index contributed by atoms with van der Waals surface area (Å²) in [6.45, 7) is -0.568. The molecule has 2 rings (SSSR count). The number of imidazole rings is 1. The van der Waals surface area contributed by atoms with Crippen LogP contribution in [0.15, 0.2) is 9.59 Å². The van der Waals surface area contributed by atoms with E-state index in [1.165, 1.54) is 11.6 Å². The number of nitrogen functional groups attached to an aromatic ring is 1. The number of anilines is 1. The molecule has 10 heteroatoms. The molecule has 0 radical (unpaired) electrons. The molecule has 0 unspecified atom stereocenters. The molecular formula is C9H14N6O4. The molecule has 0 aromatic carbocycles. The van der Waals surface area contributed by atoms with E-state index in [-0.39, 0.29) is 23.7 Å². The van der Waals surface area contributed by atoms with E-state index in [4.69, 9.17) is 10.9 Å². The van der Waals surface area contributed by atoms with E-state index in [1.54, 1.807) is 0 Å². The Morgan fingerprint density at radius 3 is 2.79 bits per heavy atom. The molecule has 0 amide bonds. The van der Waals surface area contributed by atoms with Gasteiger partial charge in [-0.3, -0.25) is 19.8 Å². The molecule has 0 bridgehead atoms. The van der Waals surface area contributed by atoms with Gasteiger partial charge in [0.2, 0.25) is 5.95 Å². The normalized spacial score (nSPS) is 12.8. The first-order valence-corrected chi connectivity index (χ1v) is 5.44. The van der Waals surface area contributed by atoms with Gasteiger partial charge in [0.15, 0.2) is 11.2 Å². The maximum absolute atomic E-state index is 11.8. The minimum absolute atomic E-state index is 0.0857. The predicted octanol–water partition coefficient (Wildman–Crippen LogP) is -2.94. The number of H-pyrrole nitrogens is 1. The van der Waals surface area contributed by atoms with E-state index in [0.29, 0.717) is 0 Å². The fourth-order valence-electron chi connectivity index (χ4n) is 1.79. The van der Waals surface area contributed by atoms with Crippen molar-refractivity contribution in [3.8, 4) is 0 Å². The van der Waals surface area contributed by atoms with Crippen LogP contribution in [-0.2, 0) is 13.6 Å². The molecule has 6 N–H and O–H groups in total. The summed E-state index contributed by atoms with van der Waals surface area (Å²) in [5.74, 6) is 5.40. The molecule has 2 aromatic heterocycles. The van der Waals surface area contributed by atoms with Crippen LogP contribution >= 0.6 is 0 Å². The Morgan fingerprint density at radius 2 is 2.21 bits per heavy atom. The highest BCUT2D eigenvalue weighted by Crippen LogP contribution is 2.14. The summed E-state index contributed by atoms with van der Waals surface area (Å²) in [6, 6.07) is 0. The second-order valence-electron chi connectivity index (χ2n) is 4.02. The van der Waals surface area contributed by atoms with Crippen LogP contribution in [0.2, 0.25) is 0 Å². The van der Waals surface area contributed by atoms with Crippen LogP contribution < -0.4 is 22.5 Å². The predicted molar refractivity (Wildman–Crippen MR) is 66.5 cm³/mol. The first kappa shape index (κ1) is 13.3. The number of aliphatic hydroxyl groups excluding tert-OH is 2. The molecule has 1 atom stereocenters. The molecule has 0 aliphatic heterocycles. The zero-order chi connectivity index (χ0) is 14.2. The SMILES string of the molecule is Cn1c(=O)[nH]c(=O)c2c1nc(NN)n2C[C@@H](O)CO. The molecule has 10 nitrogen and oxygen atoms in total. The summed E-state index contributed by atoms with van der Waals surface area (Å²) in [6.07, 6.45) is -1.08. The third-order valence-electron chi connectivity index (χ3n) is 2.74. The van der Waals surface area contributed by atoms with Gasteiger partial charge in [-0.15, -0.1) is 0 Å². The number of aliphatic hydroxyl groups is 2. The van der Waals surface area contributed by atoms with Gasteiger partial charge in [0.25, 0.3) is 5.56 Å². The number of hydrogen-bond acceptors (Lipinski definition) is 7. The van der Waals surface area contributed by atoms with E-state index in [2.05, 4.69) is 15.4 Å². The summed E-state index contributed by atoms with van der Waals surface area (Å²) in [7, 11) is 1.45. The van der Waals surface area contributed by atoms with Crippen molar-refractivity contribution in [3.63, 3.8) is 0 Å². The molecule has 2 aromatic rings. The number of hydrazine groups is 1. The summed E-state index contributed by atoms with van der Waals surface area (Å²) >= 11 is 0. The number of nitrogens with one attached hydrogen (secondary N) is 2. The summed E-state index contributed by atoms with van der Waals surface area (Å²) in [5, 5.41) is 18.3. The Kier molecular flexibility index (Phi) is 3.38. The number of nitrogens with two attached hydrogens (primary N) is 1. The zero-order valence-corrected chi connectivity index (χ0v) is 10.1. The lowest BCUT2D eigenvalue weighted by molar-refractivity contribution is 0.0825. The fraction of sp³-hybridized carbons (Fsp3) is 0.444. The van der Waals surface area contributed by atoms with E-state index < -0.39 is 24.0 Å². The summed E-state index contributed by atoms with van der Waals surface area (Å²) in [4.78, 5) is 29.4. The van der Waals surface area contributed by atoms with Crippen molar-refractivity contribution >= 4 is 17.1 Å². The lowest BCUT2D eigenvalue weighted by Gasteiger charge is -2.11. The highest BCUT2D eigenvalue weighted by molar-refractivity contribution is 5.73. The Morgan fingerprint density at radius 1 is 1.53 bits per heavy atom. The van der Waals surface area contributed by atoms with Crippen molar-refractivity contribution in [3.05, 3.63) is 20.8 Å². The Labute approximate surface area is 106 Å². The number of aromatic amines is 1. The Hall–Kier alpha value is -2.17. The molecule has 0 spiro atoms. The number of hydrogen-bond donors (Lipinski definition) is 5. The monoisotopic (exact) mass is 270 g/mol. The van der Waals surface area contributed by atoms with Crippen LogP contribution in [0.3, 0.4) is 0 Å². The van der Waals surface area contributed by atoms with Crippen molar-refractivity contribution < 1.29 is 10.2 Å². The molecule has 0 aliphatic carbocycles. The van der Waals surface area contributed by atoms with E-state index >= 15 is 0 Å². The van der Waals surface area contributed by atoms with E-state index in [0.717, 1.165) is 4.57 Å². The number of nitrogens with zero attached hydrogens (tertiary/aromatic N) is 3. The smallest absolute Gasteiger partial charge is 0.329 e. The fourth-order valence-corrected chi connectivity index (χ4v) is 1.79. The summed E-state index contributed by atoms with van der Waals surface area (Å²) < 4.78 is 2.45. The van der Waals surface area contributed by atoms with Crippen LogP contribution in [0.25, 0.3) is 11.2 Å². The first-order valence-electron chi connectivity index (χ1n) is 5.44. The van der Waals surface area contributed by atoms with Gasteiger partial charge >= 0.3 is 5.69 Å². The highest BCUT2D eigenvalue weighted by atomic mass is 16.3. The minimum Gasteiger partial charge on any atom is -0.394 e. The van der Waals surface area contributed by atoms with Gasteiger partial charge in [-0.2, -0.15) is 4.98 Å². The van der Waals surface area contributed by atoms with Crippen molar-refractivity contribution in [1.29, 1.82) is 0 Å². The largest absolute Gasteiger partial charge is 0.394 e. The maximum Gasteiger partial charge on any atom is 0.329 e. The van der Waals surface area contributed by atoms with Gasteiger partial charge in [0.05, 0.1) is 19.3 Å². The first-order chi connectivity index (χ1) is 8.99. The van der Waals surface area contributed by atoms with E-state index in [1.807, 2.05) is 0 Å². The highest BCUT2D eigenvalue weighted by Gasteiger charge is 2.18. The molecule has 104 valence electrons. The number of aryl methyl sites for hydroxylation is 1. The molecule has 19 heavy (non-hydrogen) atoms. The number of fused-ring (bicyclic) bond motifs is 1. The van der Waals surface area contributed by atoms with Gasteiger partial charge in [-0.25, -0.2) is 10.6 Å². The molecule has 0 fully saturated rings. The van der Waals surface area contributed by atoms with Gasteiger partial charge in [-0.05, 0) is 0 Å². The number of aromatic nitrogens is 4. The van der Waals surface area contributed by atoms with Crippen LogP contribution in [0, 0.1) is 0 Å². The van der Waals surface area contributed by atoms with Crippen molar-refractivity contribution in [1.82, 2.24) is 19.1 Å². The lowest BCUT2D eigenvalue weighted by atomic mass is 10.3. The Bertz CT molecular complexity index is 714. The molecule has 0 saturated heterocycles. The van der Waals surface area contributed by atoms with Gasteiger partial charge in [0.1, 0.15) is 0 Å². The van der Waals surface area contributed by atoms with E-state index in [9.17, 15) is 14.7 Å². The molecule has 2 heterocycles. The molecule has 0 aliphatic rings. The lowest BCUT2D eigenvalue weighted by Crippen LogP contribution is -2.30. The second kappa shape index (κ2) is 4.84. The average Bonchev–Trinajstić information content (AvgIpc) is 2.75. The van der Waals surface area contributed by atoms with Gasteiger partial charge in [-0.1, -0.05) is 0 Å². The average molecular weight is 270 g/mol. The van der Waals surface area contributed by atoms with Crippen LogP contribution in [0.5, 0.6) is 0 Å². The van der Waals surface area contributed by atoms with Crippen LogP contribution in [-0.4, -0.2) is 42.0 Å². The second-order valence-corrected chi connectivity index (χ2v) is 4.02. The maximum atomic E-state index is 11.8. The third kappa shape index (κ3) is 2.12. The van der Waals surface area contributed by atoms with Crippen LogP contribution in [0.4, 0.5) is 5.95 Å². The third-order valence-corrected chi connectivity index (χ3v) is 2.74. The minimum atomic E-state index is -1.08. The van der Waals surface area contributed by atoms with Gasteiger partial charge < -0.3 is 14.8 Å². The summed E-state index contributed by atoms with van der Waals surface area (Å²) in [5.41, 5.74) is 1.25.